The Bertz CT molecular complexity index is 896. The van der Waals surface area contributed by atoms with Crippen molar-refractivity contribution < 1.29 is 18.8 Å². The number of ether oxygens (including phenoxy) is 1. The highest BCUT2D eigenvalue weighted by Crippen LogP contribution is 2.34. The number of aliphatic hydroxyl groups is 1. The van der Waals surface area contributed by atoms with Gasteiger partial charge in [0.05, 0.1) is 33.7 Å². The van der Waals surface area contributed by atoms with Crippen molar-refractivity contribution in [3.8, 4) is 5.88 Å². The highest BCUT2D eigenvalue weighted by Gasteiger charge is 2.27. The molecule has 1 aliphatic heterocycles. The van der Waals surface area contributed by atoms with Gasteiger partial charge in [-0.05, 0) is 24.3 Å². The molecule has 7 nitrogen and oxygen atoms in total. The van der Waals surface area contributed by atoms with Crippen LogP contribution in [0.1, 0.15) is 10.4 Å². The number of likely N-dealkylation sites (N-methyl/N-ethyl adjacent to an activating group) is 1. The minimum Gasteiger partial charge on any atom is -0.474 e. The van der Waals surface area contributed by atoms with E-state index < -0.39 is 11.0 Å². The number of hydrogen-bond donors (Lipinski definition) is 1. The summed E-state index contributed by atoms with van der Waals surface area (Å²) in [7, 11) is 0.00344. The molecule has 2 aromatic rings. The zero-order chi connectivity index (χ0) is 19.6. The number of halogens is 2. The van der Waals surface area contributed by atoms with Crippen LogP contribution in [0.2, 0.25) is 10.0 Å². The maximum Gasteiger partial charge on any atom is 0.255 e. The summed E-state index contributed by atoms with van der Waals surface area (Å²) in [6.07, 6.45) is 1.40. The third kappa shape index (κ3) is 4.19. The predicted octanol–water partition coefficient (Wildman–Crippen LogP) is 2.37. The summed E-state index contributed by atoms with van der Waals surface area (Å²) in [4.78, 5) is 18.5. The lowest BCUT2D eigenvalue weighted by atomic mass is 10.2. The van der Waals surface area contributed by atoms with Crippen LogP contribution in [0.3, 0.4) is 0 Å². The minimum absolute atomic E-state index is 0.142. The first kappa shape index (κ1) is 19.9. The quantitative estimate of drug-likeness (QED) is 0.788. The zero-order valence-corrected chi connectivity index (χ0v) is 16.7. The van der Waals surface area contributed by atoms with Crippen molar-refractivity contribution in [3.05, 3.63) is 46.1 Å². The zero-order valence-electron chi connectivity index (χ0n) is 14.4. The number of amides is 1. The average Bonchev–Trinajstić information content (AvgIpc) is 2.68. The Labute approximate surface area is 169 Å². The fourth-order valence-corrected chi connectivity index (χ4v) is 4.12. The van der Waals surface area contributed by atoms with E-state index >= 15 is 0 Å². The number of aliphatic hydroxyl groups excluding tert-OH is 1. The van der Waals surface area contributed by atoms with Gasteiger partial charge in [0.25, 0.3) is 5.91 Å². The first-order chi connectivity index (χ1) is 12.9. The second kappa shape index (κ2) is 8.43. The highest BCUT2D eigenvalue weighted by molar-refractivity contribution is 7.86. The van der Waals surface area contributed by atoms with Crippen LogP contribution >= 0.6 is 23.2 Å². The number of benzene rings is 1. The third-order valence-electron chi connectivity index (χ3n) is 3.96. The molecular weight excluding hydrogens is 413 g/mol. The molecule has 0 aliphatic carbocycles. The number of pyridine rings is 1. The van der Waals surface area contributed by atoms with Crippen molar-refractivity contribution >= 4 is 45.8 Å². The first-order valence-electron chi connectivity index (χ1n) is 8.06. The molecule has 3 rings (SSSR count). The Morgan fingerprint density at radius 3 is 2.85 bits per heavy atom. The molecule has 1 aromatic carbocycles. The summed E-state index contributed by atoms with van der Waals surface area (Å²) >= 11 is 12.0. The van der Waals surface area contributed by atoms with Gasteiger partial charge in [-0.3, -0.25) is 9.10 Å². The van der Waals surface area contributed by atoms with Crippen LogP contribution in [0.4, 0.5) is 5.69 Å². The molecule has 1 unspecified atom stereocenters. The summed E-state index contributed by atoms with van der Waals surface area (Å²) in [5.74, 6) is 0.00112. The van der Waals surface area contributed by atoms with E-state index in [0.29, 0.717) is 45.2 Å². The summed E-state index contributed by atoms with van der Waals surface area (Å²) in [5.41, 5.74) is 0.764. The summed E-state index contributed by atoms with van der Waals surface area (Å²) in [6.45, 7) is 0.721. The number of nitrogens with zero attached hydrogens (tertiary/aromatic N) is 3. The van der Waals surface area contributed by atoms with Crippen molar-refractivity contribution in [3.63, 3.8) is 0 Å². The van der Waals surface area contributed by atoms with Crippen molar-refractivity contribution in [1.82, 2.24) is 9.88 Å². The van der Waals surface area contributed by atoms with Crippen molar-refractivity contribution in [2.45, 2.75) is 4.90 Å². The summed E-state index contributed by atoms with van der Waals surface area (Å²) in [6, 6.07) is 6.36. The second-order valence-corrected chi connectivity index (χ2v) is 8.00. The fourth-order valence-electron chi connectivity index (χ4n) is 2.55. The maximum atomic E-state index is 13.1. The minimum atomic E-state index is -1.58. The number of carbonyl (C=O) groups excluding carboxylic acids is 1. The van der Waals surface area contributed by atoms with Crippen LogP contribution in [0.15, 0.2) is 35.4 Å². The maximum absolute atomic E-state index is 13.1. The van der Waals surface area contributed by atoms with Gasteiger partial charge in [0.15, 0.2) is 11.0 Å². The summed E-state index contributed by atoms with van der Waals surface area (Å²) in [5, 5.41) is 9.69. The Kier molecular flexibility index (Phi) is 6.21. The topological polar surface area (TPSA) is 83.0 Å². The highest BCUT2D eigenvalue weighted by atomic mass is 35.5. The van der Waals surface area contributed by atoms with E-state index in [1.165, 1.54) is 11.1 Å². The molecule has 1 aliphatic rings. The number of hydrogen-bond acceptors (Lipinski definition) is 5. The largest absolute Gasteiger partial charge is 0.474 e. The van der Waals surface area contributed by atoms with Gasteiger partial charge in [-0.2, -0.15) is 0 Å². The number of rotatable bonds is 5. The summed E-state index contributed by atoms with van der Waals surface area (Å²) < 4.78 is 20.2. The van der Waals surface area contributed by atoms with Gasteiger partial charge in [-0.15, -0.1) is 0 Å². The first-order valence-corrected chi connectivity index (χ1v) is 9.92. The van der Waals surface area contributed by atoms with E-state index in [1.54, 1.807) is 35.6 Å². The number of carbonyl (C=O) groups is 1. The second-order valence-electron chi connectivity index (χ2n) is 5.77. The van der Waals surface area contributed by atoms with Crippen molar-refractivity contribution in [1.29, 1.82) is 0 Å². The molecule has 1 atom stereocenters. The molecule has 1 aromatic heterocycles. The Hall–Kier alpha value is -1.87. The van der Waals surface area contributed by atoms with E-state index in [9.17, 15) is 9.00 Å². The lowest BCUT2D eigenvalue weighted by Crippen LogP contribution is -2.35. The van der Waals surface area contributed by atoms with Crippen LogP contribution in [0.5, 0.6) is 5.88 Å². The van der Waals surface area contributed by atoms with Crippen LogP contribution in [-0.4, -0.2) is 58.5 Å². The molecule has 1 amide bonds. The SMILES string of the molecule is CN(CCO)C(=O)c1cnc2c(c1)N(S(=O)c1ccc(Cl)c(Cl)c1)CCO2. The van der Waals surface area contributed by atoms with E-state index in [1.807, 2.05) is 0 Å². The van der Waals surface area contributed by atoms with Crippen LogP contribution < -0.4 is 9.04 Å². The van der Waals surface area contributed by atoms with Crippen LogP contribution in [0.25, 0.3) is 0 Å². The molecule has 10 heteroatoms. The number of fused-ring (bicyclic) bond motifs is 1. The average molecular weight is 430 g/mol. The van der Waals surface area contributed by atoms with Crippen LogP contribution in [-0.2, 0) is 11.0 Å². The van der Waals surface area contributed by atoms with Gasteiger partial charge in [0.2, 0.25) is 5.88 Å². The van der Waals surface area contributed by atoms with Gasteiger partial charge in [-0.25, -0.2) is 9.19 Å². The van der Waals surface area contributed by atoms with E-state index in [2.05, 4.69) is 4.98 Å². The third-order valence-corrected chi connectivity index (χ3v) is 6.13. The molecule has 0 bridgehead atoms. The van der Waals surface area contributed by atoms with E-state index in [-0.39, 0.29) is 19.1 Å². The normalized spacial score (nSPS) is 14.3. The fraction of sp³-hybridized carbons (Fsp3) is 0.294. The van der Waals surface area contributed by atoms with Gasteiger partial charge in [-0.1, -0.05) is 23.2 Å². The van der Waals surface area contributed by atoms with Gasteiger partial charge in [0, 0.05) is 19.8 Å². The Morgan fingerprint density at radius 2 is 2.15 bits per heavy atom. The van der Waals surface area contributed by atoms with Crippen LogP contribution in [0, 0.1) is 0 Å². The Morgan fingerprint density at radius 1 is 1.37 bits per heavy atom. The lowest BCUT2D eigenvalue weighted by molar-refractivity contribution is 0.0766. The predicted molar refractivity (Wildman–Crippen MR) is 104 cm³/mol. The molecular formula is C17H17Cl2N3O4S. The number of aromatic nitrogens is 1. The smallest absolute Gasteiger partial charge is 0.255 e. The molecule has 27 heavy (non-hydrogen) atoms. The lowest BCUT2D eigenvalue weighted by Gasteiger charge is -2.29. The monoisotopic (exact) mass is 429 g/mol. The van der Waals surface area contributed by atoms with E-state index in [4.69, 9.17) is 33.0 Å². The van der Waals surface area contributed by atoms with Gasteiger partial charge < -0.3 is 14.7 Å². The molecule has 0 saturated carbocycles. The van der Waals surface area contributed by atoms with E-state index in [0.717, 1.165) is 0 Å². The van der Waals surface area contributed by atoms with Crippen molar-refractivity contribution in [2.75, 3.05) is 37.7 Å². The molecule has 144 valence electrons. The Balaban J connectivity index is 1.94. The molecule has 0 radical (unpaired) electrons. The number of anilines is 1. The molecule has 0 fully saturated rings. The standard InChI is InChI=1S/C17H17Cl2N3O4S/c1-21(4-6-23)17(24)11-8-15-16(20-10-11)26-7-5-22(15)27(25)12-2-3-13(18)14(19)9-12/h2-3,8-10,23H,4-7H2,1H3. The van der Waals surface area contributed by atoms with Gasteiger partial charge >= 0.3 is 0 Å². The molecule has 0 spiro atoms. The van der Waals surface area contributed by atoms with Crippen molar-refractivity contribution in [2.24, 2.45) is 0 Å². The molecule has 0 saturated heterocycles. The molecule has 2 heterocycles. The van der Waals surface area contributed by atoms with Gasteiger partial charge in [0.1, 0.15) is 12.3 Å². The molecule has 1 N–H and O–H groups in total.